The van der Waals surface area contributed by atoms with Crippen molar-refractivity contribution in [3.05, 3.63) is 42.0 Å². The van der Waals surface area contributed by atoms with Gasteiger partial charge in [0, 0.05) is 12.6 Å². The van der Waals surface area contributed by atoms with Crippen molar-refractivity contribution < 1.29 is 14.4 Å². The third-order valence-corrected chi connectivity index (χ3v) is 4.17. The van der Waals surface area contributed by atoms with Crippen molar-refractivity contribution >= 4 is 23.9 Å². The molecule has 1 aromatic rings. The van der Waals surface area contributed by atoms with Gasteiger partial charge in [-0.1, -0.05) is 55.3 Å². The first-order valence-electron chi connectivity index (χ1n) is 7.59. The van der Waals surface area contributed by atoms with E-state index in [1.165, 1.54) is 0 Å². The molecular formula is C17H18N2O3. The van der Waals surface area contributed by atoms with E-state index < -0.39 is 17.8 Å². The highest BCUT2D eigenvalue weighted by atomic mass is 16.2. The zero-order valence-corrected chi connectivity index (χ0v) is 12.3. The maximum absolute atomic E-state index is 12.3. The van der Waals surface area contributed by atoms with E-state index in [1.54, 1.807) is 6.08 Å². The first-order valence-corrected chi connectivity index (χ1v) is 7.59. The van der Waals surface area contributed by atoms with E-state index in [0.29, 0.717) is 0 Å². The molecule has 2 aliphatic rings. The summed E-state index contributed by atoms with van der Waals surface area (Å²) in [6.45, 7) is 0.127. The standard InChI is InChI=1S/C17H18N2O3/c20-15-16(21)19(14-10-4-5-11-14)17(22)18(15)12-6-9-13-7-2-1-3-8-13/h1-3,6-9,14H,4-5,10-12H2/b9-6+. The molecule has 0 radical (unpaired) electrons. The van der Waals surface area contributed by atoms with Crippen LogP contribution in [0.15, 0.2) is 36.4 Å². The molecule has 1 heterocycles. The van der Waals surface area contributed by atoms with Crippen LogP contribution in [-0.2, 0) is 9.59 Å². The second-order valence-electron chi connectivity index (χ2n) is 5.62. The Hall–Kier alpha value is -2.43. The topological polar surface area (TPSA) is 57.7 Å². The lowest BCUT2D eigenvalue weighted by atomic mass is 10.2. The first kappa shape index (κ1) is 14.5. The summed E-state index contributed by atoms with van der Waals surface area (Å²) in [6.07, 6.45) is 7.18. The van der Waals surface area contributed by atoms with E-state index in [9.17, 15) is 14.4 Å². The Morgan fingerprint density at radius 2 is 1.68 bits per heavy atom. The molecule has 1 aliphatic carbocycles. The van der Waals surface area contributed by atoms with Crippen LogP contribution in [0.3, 0.4) is 0 Å². The molecule has 3 rings (SSSR count). The minimum absolute atomic E-state index is 0.105. The van der Waals surface area contributed by atoms with Gasteiger partial charge in [-0.3, -0.25) is 19.4 Å². The summed E-state index contributed by atoms with van der Waals surface area (Å²) < 4.78 is 0. The zero-order valence-electron chi connectivity index (χ0n) is 12.3. The monoisotopic (exact) mass is 298 g/mol. The molecule has 2 fully saturated rings. The molecule has 1 saturated carbocycles. The average Bonchev–Trinajstić information content (AvgIpc) is 3.11. The van der Waals surface area contributed by atoms with Crippen molar-refractivity contribution in [2.45, 2.75) is 31.7 Å². The number of hydrogen-bond acceptors (Lipinski definition) is 3. The van der Waals surface area contributed by atoms with E-state index in [2.05, 4.69) is 0 Å². The van der Waals surface area contributed by atoms with E-state index in [-0.39, 0.29) is 12.6 Å². The Balaban J connectivity index is 1.69. The highest BCUT2D eigenvalue weighted by Gasteiger charge is 2.47. The maximum atomic E-state index is 12.3. The van der Waals surface area contributed by atoms with Crippen LogP contribution in [0.25, 0.3) is 6.08 Å². The molecule has 0 unspecified atom stereocenters. The Kier molecular flexibility index (Phi) is 4.04. The summed E-state index contributed by atoms with van der Waals surface area (Å²) in [5.41, 5.74) is 0.987. The number of nitrogens with zero attached hydrogens (tertiary/aromatic N) is 2. The van der Waals surface area contributed by atoms with Gasteiger partial charge in [0.15, 0.2) is 0 Å². The third-order valence-electron chi connectivity index (χ3n) is 4.17. The normalized spacial score (nSPS) is 19.9. The van der Waals surface area contributed by atoms with Gasteiger partial charge in [0.1, 0.15) is 0 Å². The summed E-state index contributed by atoms with van der Waals surface area (Å²) in [7, 11) is 0. The van der Waals surface area contributed by atoms with Gasteiger partial charge >= 0.3 is 17.8 Å². The molecule has 0 spiro atoms. The van der Waals surface area contributed by atoms with Crippen LogP contribution >= 0.6 is 0 Å². The fourth-order valence-electron chi connectivity index (χ4n) is 3.03. The summed E-state index contributed by atoms with van der Waals surface area (Å²) in [6, 6.07) is 9.03. The number of urea groups is 1. The third kappa shape index (κ3) is 2.66. The lowest BCUT2D eigenvalue weighted by Gasteiger charge is -2.20. The summed E-state index contributed by atoms with van der Waals surface area (Å²) >= 11 is 0. The molecule has 1 aliphatic heterocycles. The molecule has 4 amide bonds. The fourth-order valence-corrected chi connectivity index (χ4v) is 3.03. The predicted molar refractivity (Wildman–Crippen MR) is 81.7 cm³/mol. The summed E-state index contributed by atoms with van der Waals surface area (Å²) in [4.78, 5) is 38.6. The van der Waals surface area contributed by atoms with E-state index in [0.717, 1.165) is 41.0 Å². The van der Waals surface area contributed by atoms with Crippen molar-refractivity contribution in [1.82, 2.24) is 9.80 Å². The number of benzene rings is 1. The SMILES string of the molecule is O=C1C(=O)N(C2CCCC2)C(=O)N1C/C=C/c1ccccc1. The van der Waals surface area contributed by atoms with E-state index in [4.69, 9.17) is 0 Å². The smallest absolute Gasteiger partial charge is 0.263 e. The minimum Gasteiger partial charge on any atom is -0.263 e. The minimum atomic E-state index is -0.713. The van der Waals surface area contributed by atoms with Crippen molar-refractivity contribution in [3.8, 4) is 0 Å². The number of carbonyl (C=O) groups excluding carboxylic acids is 3. The Bertz CT molecular complexity index is 618. The second-order valence-corrected chi connectivity index (χ2v) is 5.62. The van der Waals surface area contributed by atoms with Crippen LogP contribution < -0.4 is 0 Å². The Labute approximate surface area is 129 Å². The molecule has 0 bridgehead atoms. The van der Waals surface area contributed by atoms with Crippen LogP contribution in [0.5, 0.6) is 0 Å². The number of rotatable bonds is 4. The molecular weight excluding hydrogens is 280 g/mol. The van der Waals surface area contributed by atoms with Crippen LogP contribution in [0, 0.1) is 0 Å². The molecule has 22 heavy (non-hydrogen) atoms. The molecule has 5 nitrogen and oxygen atoms in total. The second kappa shape index (κ2) is 6.13. The molecule has 0 N–H and O–H groups in total. The summed E-state index contributed by atoms with van der Waals surface area (Å²) in [5, 5.41) is 0. The zero-order chi connectivity index (χ0) is 15.5. The van der Waals surface area contributed by atoms with Crippen LogP contribution in [0.2, 0.25) is 0 Å². The predicted octanol–water partition coefficient (Wildman–Crippen LogP) is 2.43. The average molecular weight is 298 g/mol. The number of imide groups is 2. The lowest BCUT2D eigenvalue weighted by Crippen LogP contribution is -2.39. The first-order chi connectivity index (χ1) is 10.7. The van der Waals surface area contributed by atoms with Gasteiger partial charge in [-0.25, -0.2) is 4.79 Å². The Morgan fingerprint density at radius 3 is 2.36 bits per heavy atom. The van der Waals surface area contributed by atoms with Gasteiger partial charge in [0.05, 0.1) is 0 Å². The maximum Gasteiger partial charge on any atom is 0.334 e. The molecule has 0 atom stereocenters. The van der Waals surface area contributed by atoms with Crippen molar-refractivity contribution in [2.24, 2.45) is 0 Å². The number of amides is 4. The van der Waals surface area contributed by atoms with Gasteiger partial charge in [-0.2, -0.15) is 0 Å². The van der Waals surface area contributed by atoms with Gasteiger partial charge in [-0.15, -0.1) is 0 Å². The molecule has 1 saturated heterocycles. The quantitative estimate of drug-likeness (QED) is 0.633. The van der Waals surface area contributed by atoms with Gasteiger partial charge in [0.2, 0.25) is 0 Å². The number of carbonyl (C=O) groups is 3. The highest BCUT2D eigenvalue weighted by molar-refractivity contribution is 6.44. The molecule has 114 valence electrons. The molecule has 0 aromatic heterocycles. The van der Waals surface area contributed by atoms with Gasteiger partial charge in [0.25, 0.3) is 0 Å². The van der Waals surface area contributed by atoms with Crippen molar-refractivity contribution in [1.29, 1.82) is 0 Å². The molecule has 1 aromatic carbocycles. The lowest BCUT2D eigenvalue weighted by molar-refractivity contribution is -0.143. The molecule has 5 heteroatoms. The van der Waals surface area contributed by atoms with E-state index in [1.807, 2.05) is 36.4 Å². The fraction of sp³-hybridized carbons (Fsp3) is 0.353. The van der Waals surface area contributed by atoms with Gasteiger partial charge < -0.3 is 0 Å². The number of hydrogen-bond donors (Lipinski definition) is 0. The van der Waals surface area contributed by atoms with Crippen molar-refractivity contribution in [3.63, 3.8) is 0 Å². The summed E-state index contributed by atoms with van der Waals surface area (Å²) in [5.74, 6) is -1.39. The van der Waals surface area contributed by atoms with Crippen LogP contribution in [0.1, 0.15) is 31.2 Å². The van der Waals surface area contributed by atoms with Gasteiger partial charge in [-0.05, 0) is 18.4 Å². The van der Waals surface area contributed by atoms with E-state index >= 15 is 0 Å². The Morgan fingerprint density at radius 1 is 1.00 bits per heavy atom. The highest BCUT2D eigenvalue weighted by Crippen LogP contribution is 2.27. The van der Waals surface area contributed by atoms with Crippen LogP contribution in [-0.4, -0.2) is 40.2 Å². The van der Waals surface area contributed by atoms with Crippen LogP contribution in [0.4, 0.5) is 4.79 Å². The largest absolute Gasteiger partial charge is 0.334 e. The van der Waals surface area contributed by atoms with Crippen molar-refractivity contribution in [2.75, 3.05) is 6.54 Å².